The number of hydrogen-bond donors (Lipinski definition) is 1. The minimum absolute atomic E-state index is 0.0466. The first-order valence-electron chi connectivity index (χ1n) is 14.5. The third-order valence-corrected chi connectivity index (χ3v) is 8.89. The van der Waals surface area contributed by atoms with E-state index in [1.165, 1.54) is 11.3 Å². The largest absolute Gasteiger partial charge is 0.481 e. The van der Waals surface area contributed by atoms with E-state index < -0.39 is 11.9 Å². The van der Waals surface area contributed by atoms with Crippen molar-refractivity contribution >= 4 is 40.1 Å². The van der Waals surface area contributed by atoms with Crippen LogP contribution in [-0.4, -0.2) is 58.2 Å². The molecule has 3 aromatic rings. The highest BCUT2D eigenvalue weighted by Gasteiger charge is 2.40. The maximum Gasteiger partial charge on any atom is 0.304 e. The molecule has 3 aliphatic rings. The summed E-state index contributed by atoms with van der Waals surface area (Å²) in [5, 5.41) is 12.2. The van der Waals surface area contributed by atoms with E-state index in [1.807, 2.05) is 41.8 Å². The average molecular weight is 575 g/mol. The van der Waals surface area contributed by atoms with Crippen LogP contribution in [0.15, 0.2) is 48.0 Å². The summed E-state index contributed by atoms with van der Waals surface area (Å²) < 4.78 is 5.86. The number of amides is 2. The number of nitrogens with zero attached hydrogens (tertiary/aromatic N) is 4. The van der Waals surface area contributed by atoms with Gasteiger partial charge in [-0.05, 0) is 62.6 Å². The quantitative estimate of drug-likeness (QED) is 0.338. The fourth-order valence-corrected chi connectivity index (χ4v) is 6.71. The topological polar surface area (TPSA) is 113 Å². The molecule has 4 heterocycles. The summed E-state index contributed by atoms with van der Waals surface area (Å²) in [6.07, 6.45) is 7.98. The molecule has 1 aliphatic carbocycles. The lowest BCUT2D eigenvalue weighted by molar-refractivity contribution is -0.141. The van der Waals surface area contributed by atoms with Crippen LogP contribution in [0.2, 0.25) is 0 Å². The first kappa shape index (κ1) is 27.5. The second-order valence-electron chi connectivity index (χ2n) is 11.1. The Morgan fingerprint density at radius 1 is 1.10 bits per heavy atom. The monoisotopic (exact) mass is 574 g/mol. The Bertz CT molecular complexity index is 1410. The van der Waals surface area contributed by atoms with E-state index in [0.717, 1.165) is 60.9 Å². The minimum Gasteiger partial charge on any atom is -0.481 e. The molecule has 1 saturated carbocycles. The lowest BCUT2D eigenvalue weighted by Gasteiger charge is -2.29. The second kappa shape index (κ2) is 12.1. The lowest BCUT2D eigenvalue weighted by atomic mass is 9.93. The summed E-state index contributed by atoms with van der Waals surface area (Å²) in [7, 11) is 0. The summed E-state index contributed by atoms with van der Waals surface area (Å²) in [5.74, 6) is -1.03. The van der Waals surface area contributed by atoms with Crippen LogP contribution in [0.5, 0.6) is 0 Å². The molecule has 3 fully saturated rings. The summed E-state index contributed by atoms with van der Waals surface area (Å²) in [4.78, 5) is 50.7. The van der Waals surface area contributed by atoms with Gasteiger partial charge in [-0.15, -0.1) is 11.3 Å². The fraction of sp³-hybridized carbons (Fsp3) is 0.452. The van der Waals surface area contributed by atoms with Crippen LogP contribution in [0.25, 0.3) is 22.4 Å². The van der Waals surface area contributed by atoms with Crippen molar-refractivity contribution in [3.63, 3.8) is 0 Å². The van der Waals surface area contributed by atoms with E-state index in [1.54, 1.807) is 16.0 Å². The molecule has 41 heavy (non-hydrogen) atoms. The first-order valence-corrected chi connectivity index (χ1v) is 15.3. The van der Waals surface area contributed by atoms with E-state index in [0.29, 0.717) is 36.9 Å². The molecule has 2 atom stereocenters. The number of hydrogen-bond acceptors (Lipinski definition) is 7. The molecule has 2 aromatic heterocycles. The number of aromatic nitrogens is 2. The Kier molecular flexibility index (Phi) is 8.11. The summed E-state index contributed by atoms with van der Waals surface area (Å²) in [6, 6.07) is 11.8. The van der Waals surface area contributed by atoms with Gasteiger partial charge in [0.25, 0.3) is 0 Å². The average Bonchev–Trinajstić information content (AvgIpc) is 3.53. The standard InChI is InChI=1S/C31H34N4O5S/c36-28-9-5-14-34(28)27-13-10-20(18-32-27)24-7-1-2-8-25(24)26-19-41-31(33-26)35(22-11-12-22)30(39)21(17-29(37)38)16-23-6-3-4-15-40-23/h1-2,7-8,10,13,18-19,21-23H,3-6,9,11-12,14-17H2,(H,37,38)/t21-,23-/m1/s1. The Morgan fingerprint density at radius 2 is 1.93 bits per heavy atom. The zero-order chi connectivity index (χ0) is 28.3. The molecule has 6 rings (SSSR count). The van der Waals surface area contributed by atoms with Crippen LogP contribution < -0.4 is 9.80 Å². The lowest BCUT2D eigenvalue weighted by Crippen LogP contribution is -2.40. The van der Waals surface area contributed by atoms with Gasteiger partial charge < -0.3 is 9.84 Å². The molecule has 214 valence electrons. The Balaban J connectivity index is 1.25. The van der Waals surface area contributed by atoms with E-state index in [2.05, 4.69) is 4.98 Å². The predicted molar refractivity (Wildman–Crippen MR) is 157 cm³/mol. The highest BCUT2D eigenvalue weighted by molar-refractivity contribution is 7.14. The molecule has 2 amide bonds. The molecule has 2 saturated heterocycles. The number of ether oxygens (including phenoxy) is 1. The smallest absolute Gasteiger partial charge is 0.304 e. The maximum absolute atomic E-state index is 13.9. The van der Waals surface area contributed by atoms with Crippen LogP contribution in [0.4, 0.5) is 10.9 Å². The Hall–Kier alpha value is -3.63. The third kappa shape index (κ3) is 6.18. The van der Waals surface area contributed by atoms with Crippen molar-refractivity contribution in [1.29, 1.82) is 0 Å². The van der Waals surface area contributed by atoms with Crippen molar-refractivity contribution in [3.8, 4) is 22.4 Å². The number of carboxylic acids is 1. The fourth-order valence-electron chi connectivity index (χ4n) is 5.80. The van der Waals surface area contributed by atoms with Gasteiger partial charge >= 0.3 is 5.97 Å². The van der Waals surface area contributed by atoms with Gasteiger partial charge in [-0.25, -0.2) is 9.97 Å². The molecular weight excluding hydrogens is 540 g/mol. The highest BCUT2D eigenvalue weighted by Crippen LogP contribution is 2.40. The van der Waals surface area contributed by atoms with E-state index in [9.17, 15) is 19.5 Å². The van der Waals surface area contributed by atoms with Gasteiger partial charge in [0, 0.05) is 48.3 Å². The Morgan fingerprint density at radius 3 is 2.59 bits per heavy atom. The second-order valence-corrected chi connectivity index (χ2v) is 11.9. The van der Waals surface area contributed by atoms with Crippen molar-refractivity contribution in [1.82, 2.24) is 9.97 Å². The van der Waals surface area contributed by atoms with Gasteiger partial charge in [0.15, 0.2) is 5.13 Å². The Labute approximate surface area is 243 Å². The number of anilines is 2. The van der Waals surface area contributed by atoms with Gasteiger partial charge in [-0.1, -0.05) is 24.3 Å². The van der Waals surface area contributed by atoms with Crippen molar-refractivity contribution < 1.29 is 24.2 Å². The van der Waals surface area contributed by atoms with Crippen LogP contribution >= 0.6 is 11.3 Å². The molecule has 0 radical (unpaired) electrons. The van der Waals surface area contributed by atoms with Crippen molar-refractivity contribution in [2.45, 2.75) is 69.9 Å². The van der Waals surface area contributed by atoms with Crippen molar-refractivity contribution in [2.24, 2.45) is 5.92 Å². The summed E-state index contributed by atoms with van der Waals surface area (Å²) in [6.45, 7) is 1.36. The first-order chi connectivity index (χ1) is 20.0. The molecule has 0 bridgehead atoms. The number of carbonyl (C=O) groups excluding carboxylic acids is 2. The van der Waals surface area contributed by atoms with Gasteiger partial charge in [-0.3, -0.25) is 24.2 Å². The third-order valence-electron chi connectivity index (χ3n) is 8.05. The van der Waals surface area contributed by atoms with E-state index >= 15 is 0 Å². The highest BCUT2D eigenvalue weighted by atomic mass is 32.1. The van der Waals surface area contributed by atoms with Gasteiger partial charge in [0.05, 0.1) is 24.1 Å². The molecule has 1 N–H and O–H groups in total. The number of benzene rings is 1. The van der Waals surface area contributed by atoms with E-state index in [-0.39, 0.29) is 30.4 Å². The predicted octanol–water partition coefficient (Wildman–Crippen LogP) is 5.54. The minimum atomic E-state index is -0.975. The number of carbonyl (C=O) groups is 3. The van der Waals surface area contributed by atoms with Gasteiger partial charge in [-0.2, -0.15) is 0 Å². The number of pyridine rings is 1. The van der Waals surface area contributed by atoms with Gasteiger partial charge in [0.2, 0.25) is 11.8 Å². The number of carboxylic acid groups (broad SMARTS) is 1. The zero-order valence-corrected chi connectivity index (χ0v) is 23.7. The SMILES string of the molecule is O=C(O)C[C@@H](C[C@H]1CCCCO1)C(=O)N(c1nc(-c2ccccc2-c2ccc(N3CCCC3=O)nc2)cs1)C1CC1. The molecular formula is C31H34N4O5S. The van der Waals surface area contributed by atoms with Crippen molar-refractivity contribution in [2.75, 3.05) is 23.0 Å². The number of rotatable bonds is 10. The molecule has 0 spiro atoms. The molecule has 2 aliphatic heterocycles. The van der Waals surface area contributed by atoms with Crippen molar-refractivity contribution in [3.05, 3.63) is 48.0 Å². The normalized spacial score (nSPS) is 19.8. The maximum atomic E-state index is 13.9. The number of aliphatic carboxylic acids is 1. The summed E-state index contributed by atoms with van der Waals surface area (Å²) in [5.41, 5.74) is 3.54. The number of thiazole rings is 1. The molecule has 10 heteroatoms. The molecule has 0 unspecified atom stereocenters. The van der Waals surface area contributed by atoms with Crippen LogP contribution in [-0.2, 0) is 19.1 Å². The van der Waals surface area contributed by atoms with Crippen LogP contribution in [0.1, 0.15) is 57.8 Å². The van der Waals surface area contributed by atoms with Gasteiger partial charge in [0.1, 0.15) is 5.82 Å². The molecule has 1 aromatic carbocycles. The zero-order valence-electron chi connectivity index (χ0n) is 22.9. The van der Waals surface area contributed by atoms with Crippen LogP contribution in [0.3, 0.4) is 0 Å². The summed E-state index contributed by atoms with van der Waals surface area (Å²) >= 11 is 1.41. The van der Waals surface area contributed by atoms with E-state index in [4.69, 9.17) is 9.72 Å². The van der Waals surface area contributed by atoms with Crippen LogP contribution in [0, 0.1) is 5.92 Å². The molecule has 9 nitrogen and oxygen atoms in total.